The van der Waals surface area contributed by atoms with Gasteiger partial charge in [-0.25, -0.2) is 4.68 Å². The van der Waals surface area contributed by atoms with Crippen LogP contribution in [0.15, 0.2) is 54.6 Å². The highest BCUT2D eigenvalue weighted by Gasteiger charge is 2.19. The Labute approximate surface area is 159 Å². The van der Waals surface area contributed by atoms with Crippen LogP contribution in [-0.2, 0) is 6.42 Å². The third-order valence-electron chi connectivity index (χ3n) is 4.45. The number of benzene rings is 2. The first-order chi connectivity index (χ1) is 13.0. The standard InChI is InChI=1S/C22H24N2O3/c1-15(2)22(26)20-14-21(17-6-4-16(5-7-17)12-13-25)24(23-20)18-8-10-19(27-3)11-9-18/h4-11,14-15,25H,12-13H2,1-3H3. The van der Waals surface area contributed by atoms with Gasteiger partial charge in [0.2, 0.25) is 0 Å². The minimum absolute atomic E-state index is 0.0143. The number of aliphatic hydroxyl groups excluding tert-OH is 1. The molecule has 5 nitrogen and oxygen atoms in total. The Kier molecular flexibility index (Phi) is 5.72. The Balaban J connectivity index is 2.08. The SMILES string of the molecule is COc1ccc(-n2nc(C(=O)C(C)C)cc2-c2ccc(CCO)cc2)cc1. The molecule has 0 radical (unpaired) electrons. The second-order valence-electron chi connectivity index (χ2n) is 6.71. The second kappa shape index (κ2) is 8.18. The van der Waals surface area contributed by atoms with Crippen LogP contribution in [0.3, 0.4) is 0 Å². The number of hydrogen-bond acceptors (Lipinski definition) is 4. The third-order valence-corrected chi connectivity index (χ3v) is 4.45. The number of carbonyl (C=O) groups excluding carboxylic acids is 1. The predicted molar refractivity (Wildman–Crippen MR) is 106 cm³/mol. The summed E-state index contributed by atoms with van der Waals surface area (Å²) >= 11 is 0. The maximum Gasteiger partial charge on any atom is 0.185 e. The minimum atomic E-state index is -0.121. The minimum Gasteiger partial charge on any atom is -0.497 e. The lowest BCUT2D eigenvalue weighted by atomic mass is 10.0. The number of nitrogens with zero attached hydrogens (tertiary/aromatic N) is 2. The van der Waals surface area contributed by atoms with Crippen LogP contribution >= 0.6 is 0 Å². The first-order valence-corrected chi connectivity index (χ1v) is 9.02. The average molecular weight is 364 g/mol. The quantitative estimate of drug-likeness (QED) is 0.646. The smallest absolute Gasteiger partial charge is 0.185 e. The molecule has 0 unspecified atom stereocenters. The molecule has 3 aromatic rings. The summed E-state index contributed by atoms with van der Waals surface area (Å²) in [4.78, 5) is 12.5. The molecular weight excluding hydrogens is 340 g/mol. The van der Waals surface area contributed by atoms with Gasteiger partial charge in [0.25, 0.3) is 0 Å². The van der Waals surface area contributed by atoms with Gasteiger partial charge >= 0.3 is 0 Å². The van der Waals surface area contributed by atoms with E-state index in [2.05, 4.69) is 5.10 Å². The summed E-state index contributed by atoms with van der Waals surface area (Å²) in [6.45, 7) is 3.87. The topological polar surface area (TPSA) is 64.4 Å². The van der Waals surface area contributed by atoms with Crippen molar-refractivity contribution >= 4 is 5.78 Å². The van der Waals surface area contributed by atoms with E-state index >= 15 is 0 Å². The highest BCUT2D eigenvalue weighted by Crippen LogP contribution is 2.26. The van der Waals surface area contributed by atoms with Gasteiger partial charge in [-0.15, -0.1) is 0 Å². The maximum absolute atomic E-state index is 12.5. The largest absolute Gasteiger partial charge is 0.497 e. The van der Waals surface area contributed by atoms with Crippen molar-refractivity contribution in [1.29, 1.82) is 0 Å². The second-order valence-corrected chi connectivity index (χ2v) is 6.71. The fourth-order valence-electron chi connectivity index (χ4n) is 2.89. The zero-order valence-corrected chi connectivity index (χ0v) is 15.8. The monoisotopic (exact) mass is 364 g/mol. The zero-order chi connectivity index (χ0) is 19.4. The molecule has 0 aliphatic rings. The van der Waals surface area contributed by atoms with Crippen LogP contribution in [0, 0.1) is 5.92 Å². The summed E-state index contributed by atoms with van der Waals surface area (Å²) < 4.78 is 7.01. The van der Waals surface area contributed by atoms with E-state index in [1.807, 2.05) is 68.4 Å². The Hall–Kier alpha value is -2.92. The Morgan fingerprint density at radius 3 is 2.33 bits per heavy atom. The van der Waals surface area contributed by atoms with Crippen LogP contribution in [0.25, 0.3) is 16.9 Å². The molecule has 0 aliphatic heterocycles. The van der Waals surface area contributed by atoms with Gasteiger partial charge in [-0.05, 0) is 42.3 Å². The van der Waals surface area contributed by atoms with E-state index in [0.717, 1.165) is 28.3 Å². The molecule has 0 spiro atoms. The fraction of sp³-hybridized carbons (Fsp3) is 0.273. The van der Waals surface area contributed by atoms with Gasteiger partial charge in [0.1, 0.15) is 11.4 Å². The number of aliphatic hydroxyl groups is 1. The van der Waals surface area contributed by atoms with Crippen LogP contribution < -0.4 is 4.74 Å². The molecule has 0 aliphatic carbocycles. The summed E-state index contributed by atoms with van der Waals surface area (Å²) in [5.74, 6) is 0.656. The van der Waals surface area contributed by atoms with E-state index in [-0.39, 0.29) is 18.3 Å². The lowest BCUT2D eigenvalue weighted by molar-refractivity contribution is 0.0934. The predicted octanol–water partition coefficient (Wildman–Crippen LogP) is 3.92. The van der Waals surface area contributed by atoms with Gasteiger partial charge in [0.05, 0.1) is 18.5 Å². The number of methoxy groups -OCH3 is 1. The normalized spacial score (nSPS) is 11.0. The molecule has 0 amide bonds. The molecule has 1 N–H and O–H groups in total. The number of carbonyl (C=O) groups is 1. The molecule has 0 atom stereocenters. The number of aromatic nitrogens is 2. The van der Waals surface area contributed by atoms with Crippen LogP contribution in [0.1, 0.15) is 29.9 Å². The van der Waals surface area contributed by atoms with Gasteiger partial charge in [0, 0.05) is 18.1 Å². The van der Waals surface area contributed by atoms with E-state index < -0.39 is 0 Å². The lowest BCUT2D eigenvalue weighted by Gasteiger charge is -2.09. The van der Waals surface area contributed by atoms with Crippen LogP contribution in [0.5, 0.6) is 5.75 Å². The summed E-state index contributed by atoms with van der Waals surface area (Å²) in [7, 11) is 1.63. The van der Waals surface area contributed by atoms with Crippen LogP contribution in [-0.4, -0.2) is 34.4 Å². The van der Waals surface area contributed by atoms with Gasteiger partial charge in [-0.2, -0.15) is 5.10 Å². The summed E-state index contributed by atoms with van der Waals surface area (Å²) in [6, 6.07) is 17.4. The van der Waals surface area contributed by atoms with E-state index in [0.29, 0.717) is 12.1 Å². The van der Waals surface area contributed by atoms with E-state index in [1.165, 1.54) is 0 Å². The molecule has 2 aromatic carbocycles. The van der Waals surface area contributed by atoms with Gasteiger partial charge < -0.3 is 9.84 Å². The van der Waals surface area contributed by atoms with Gasteiger partial charge in [0.15, 0.2) is 5.78 Å². The van der Waals surface area contributed by atoms with E-state index in [1.54, 1.807) is 11.8 Å². The van der Waals surface area contributed by atoms with Crippen molar-refractivity contribution in [2.75, 3.05) is 13.7 Å². The summed E-state index contributed by atoms with van der Waals surface area (Å²) in [5.41, 5.74) is 4.18. The molecule has 140 valence electrons. The maximum atomic E-state index is 12.5. The fourth-order valence-corrected chi connectivity index (χ4v) is 2.89. The number of hydrogen-bond donors (Lipinski definition) is 1. The molecule has 1 heterocycles. The Morgan fingerprint density at radius 1 is 1.11 bits per heavy atom. The zero-order valence-electron chi connectivity index (χ0n) is 15.8. The van der Waals surface area contributed by atoms with Crippen LogP contribution in [0.2, 0.25) is 0 Å². The van der Waals surface area contributed by atoms with E-state index in [4.69, 9.17) is 9.84 Å². The van der Waals surface area contributed by atoms with Crippen molar-refractivity contribution in [2.24, 2.45) is 5.92 Å². The third kappa shape index (κ3) is 4.09. The Morgan fingerprint density at radius 2 is 1.78 bits per heavy atom. The average Bonchev–Trinajstić information content (AvgIpc) is 3.13. The molecule has 0 saturated heterocycles. The molecule has 5 heteroatoms. The van der Waals surface area contributed by atoms with Gasteiger partial charge in [-0.3, -0.25) is 4.79 Å². The Bertz CT molecular complexity index is 910. The summed E-state index contributed by atoms with van der Waals surface area (Å²) in [6.07, 6.45) is 0.620. The summed E-state index contributed by atoms with van der Waals surface area (Å²) in [5, 5.41) is 13.7. The molecule has 0 saturated carbocycles. The first kappa shape index (κ1) is 18.9. The van der Waals surface area contributed by atoms with Crippen molar-refractivity contribution < 1.29 is 14.6 Å². The van der Waals surface area contributed by atoms with Gasteiger partial charge in [-0.1, -0.05) is 38.1 Å². The number of rotatable bonds is 7. The molecule has 0 fully saturated rings. The van der Waals surface area contributed by atoms with Crippen LogP contribution in [0.4, 0.5) is 0 Å². The first-order valence-electron chi connectivity index (χ1n) is 9.02. The number of Topliss-reactive ketones (excluding diaryl/α,β-unsaturated/α-hetero) is 1. The highest BCUT2D eigenvalue weighted by atomic mass is 16.5. The van der Waals surface area contributed by atoms with Crippen molar-refractivity contribution in [3.8, 4) is 22.7 Å². The van der Waals surface area contributed by atoms with E-state index in [9.17, 15) is 4.79 Å². The highest BCUT2D eigenvalue weighted by molar-refractivity contribution is 5.96. The lowest BCUT2D eigenvalue weighted by Crippen LogP contribution is -2.09. The van der Waals surface area contributed by atoms with Crippen molar-refractivity contribution in [2.45, 2.75) is 20.3 Å². The molecular formula is C22H24N2O3. The molecule has 27 heavy (non-hydrogen) atoms. The van der Waals surface area contributed by atoms with Crippen molar-refractivity contribution in [3.05, 3.63) is 65.9 Å². The van der Waals surface area contributed by atoms with Crippen molar-refractivity contribution in [3.63, 3.8) is 0 Å². The molecule has 1 aromatic heterocycles. The molecule has 3 rings (SSSR count). The molecule has 0 bridgehead atoms. The van der Waals surface area contributed by atoms with Crippen molar-refractivity contribution in [1.82, 2.24) is 9.78 Å². The number of ether oxygens (including phenoxy) is 1. The number of ketones is 1.